The second kappa shape index (κ2) is 7.68. The number of piperazine rings is 1. The highest BCUT2D eigenvalue weighted by molar-refractivity contribution is 7.86. The largest absolute Gasteiger partial charge is 0.340 e. The normalized spacial score (nSPS) is 28.9. The number of carbonyl (C=O) groups is 1. The Kier molecular flexibility index (Phi) is 5.79. The van der Waals surface area contributed by atoms with Gasteiger partial charge in [0, 0.05) is 52.4 Å². The van der Waals surface area contributed by atoms with Crippen LogP contribution in [0, 0.1) is 5.92 Å². The average Bonchev–Trinajstić information content (AvgIpc) is 2.62. The molecule has 0 saturated carbocycles. The molecule has 7 nitrogen and oxygen atoms in total. The predicted octanol–water partition coefficient (Wildman–Crippen LogP) is 0.203. The summed E-state index contributed by atoms with van der Waals surface area (Å²) in [5.74, 6) is -0.0386. The molecule has 0 radical (unpaired) electrons. The Balaban J connectivity index is 1.62. The summed E-state index contributed by atoms with van der Waals surface area (Å²) in [6, 6.07) is 0. The summed E-state index contributed by atoms with van der Waals surface area (Å²) >= 11 is 0. The van der Waals surface area contributed by atoms with Crippen LogP contribution in [0.2, 0.25) is 0 Å². The van der Waals surface area contributed by atoms with Crippen molar-refractivity contribution in [3.05, 3.63) is 0 Å². The fraction of sp³-hybridized carbons (Fsp3) is 0.938. The molecule has 3 aliphatic rings. The lowest BCUT2D eigenvalue weighted by Gasteiger charge is -2.39. The molecule has 3 rings (SSSR count). The molecule has 3 saturated heterocycles. The van der Waals surface area contributed by atoms with Gasteiger partial charge in [-0.15, -0.1) is 0 Å². The molecule has 0 spiro atoms. The number of hydrogen-bond donors (Lipinski definition) is 0. The first-order valence-electron chi connectivity index (χ1n) is 9.21. The van der Waals surface area contributed by atoms with Gasteiger partial charge in [0.15, 0.2) is 0 Å². The van der Waals surface area contributed by atoms with Gasteiger partial charge in [-0.1, -0.05) is 6.42 Å². The van der Waals surface area contributed by atoms with Gasteiger partial charge < -0.3 is 9.80 Å². The van der Waals surface area contributed by atoms with E-state index in [1.54, 1.807) is 8.61 Å². The third-order valence-corrected chi connectivity index (χ3v) is 7.52. The Morgan fingerprint density at radius 1 is 0.833 bits per heavy atom. The lowest BCUT2D eigenvalue weighted by Crippen LogP contribution is -2.54. The Hall–Kier alpha value is -0.700. The van der Waals surface area contributed by atoms with Gasteiger partial charge in [-0.25, -0.2) is 0 Å². The smallest absolute Gasteiger partial charge is 0.281 e. The predicted molar refractivity (Wildman–Crippen MR) is 92.7 cm³/mol. The molecule has 8 heteroatoms. The van der Waals surface area contributed by atoms with Gasteiger partial charge in [-0.05, 0) is 32.7 Å². The minimum atomic E-state index is -3.40. The van der Waals surface area contributed by atoms with Crippen molar-refractivity contribution in [3.63, 3.8) is 0 Å². The third kappa shape index (κ3) is 3.92. The SMILES string of the molecule is CN1CCN(C(=O)C2CCCN(S(=O)(=O)N3CCCCC3)C2)CC1. The van der Waals surface area contributed by atoms with Crippen molar-refractivity contribution >= 4 is 16.1 Å². The van der Waals surface area contributed by atoms with E-state index in [1.807, 2.05) is 4.90 Å². The zero-order valence-corrected chi connectivity index (χ0v) is 15.5. The van der Waals surface area contributed by atoms with E-state index in [0.29, 0.717) is 26.2 Å². The molecule has 3 aliphatic heterocycles. The highest BCUT2D eigenvalue weighted by atomic mass is 32.2. The highest BCUT2D eigenvalue weighted by Gasteiger charge is 2.37. The van der Waals surface area contributed by atoms with E-state index in [1.165, 1.54) is 0 Å². The van der Waals surface area contributed by atoms with Gasteiger partial charge in [0.25, 0.3) is 10.2 Å². The van der Waals surface area contributed by atoms with Crippen molar-refractivity contribution in [3.8, 4) is 0 Å². The summed E-state index contributed by atoms with van der Waals surface area (Å²) in [6.07, 6.45) is 4.57. The van der Waals surface area contributed by atoms with Gasteiger partial charge in [0.1, 0.15) is 0 Å². The topological polar surface area (TPSA) is 64.2 Å². The molecule has 3 heterocycles. The van der Waals surface area contributed by atoms with E-state index >= 15 is 0 Å². The molecule has 0 aromatic carbocycles. The lowest BCUT2D eigenvalue weighted by molar-refractivity contribution is -0.138. The van der Waals surface area contributed by atoms with Crippen LogP contribution in [-0.2, 0) is 15.0 Å². The van der Waals surface area contributed by atoms with Crippen molar-refractivity contribution in [2.75, 3.05) is 59.4 Å². The number of piperidine rings is 2. The van der Waals surface area contributed by atoms with Crippen LogP contribution in [0.25, 0.3) is 0 Å². The van der Waals surface area contributed by atoms with E-state index in [4.69, 9.17) is 0 Å². The molecule has 1 unspecified atom stereocenters. The van der Waals surface area contributed by atoms with Crippen LogP contribution in [0.3, 0.4) is 0 Å². The monoisotopic (exact) mass is 358 g/mol. The molecule has 0 N–H and O–H groups in total. The van der Waals surface area contributed by atoms with E-state index in [0.717, 1.165) is 58.3 Å². The van der Waals surface area contributed by atoms with E-state index in [9.17, 15) is 13.2 Å². The maximum Gasteiger partial charge on any atom is 0.281 e. The first-order chi connectivity index (χ1) is 11.5. The summed E-state index contributed by atoms with van der Waals surface area (Å²) in [4.78, 5) is 16.9. The third-order valence-electron chi connectivity index (χ3n) is 5.52. The number of amides is 1. The van der Waals surface area contributed by atoms with Crippen molar-refractivity contribution in [1.82, 2.24) is 18.4 Å². The minimum Gasteiger partial charge on any atom is -0.340 e. The number of carbonyl (C=O) groups excluding carboxylic acids is 1. The quantitative estimate of drug-likeness (QED) is 0.723. The van der Waals surface area contributed by atoms with E-state index < -0.39 is 10.2 Å². The van der Waals surface area contributed by atoms with Crippen LogP contribution in [0.15, 0.2) is 0 Å². The standard InChI is InChI=1S/C16H30N4O3S/c1-17-10-12-18(13-11-17)16(21)15-6-5-9-20(14-15)24(22,23)19-7-3-2-4-8-19/h15H,2-14H2,1H3. The zero-order chi connectivity index (χ0) is 17.2. The van der Waals surface area contributed by atoms with Crippen molar-refractivity contribution in [1.29, 1.82) is 0 Å². The van der Waals surface area contributed by atoms with Gasteiger partial charge in [-0.2, -0.15) is 17.0 Å². The van der Waals surface area contributed by atoms with Crippen LogP contribution in [-0.4, -0.2) is 92.1 Å². The molecule has 0 bridgehead atoms. The van der Waals surface area contributed by atoms with Gasteiger partial charge in [-0.3, -0.25) is 4.79 Å². The van der Waals surface area contributed by atoms with Crippen LogP contribution in [0.4, 0.5) is 0 Å². The van der Waals surface area contributed by atoms with Gasteiger partial charge >= 0.3 is 0 Å². The Morgan fingerprint density at radius 2 is 1.46 bits per heavy atom. The summed E-state index contributed by atoms with van der Waals surface area (Å²) < 4.78 is 28.9. The van der Waals surface area contributed by atoms with Crippen LogP contribution < -0.4 is 0 Å². The second-order valence-corrected chi connectivity index (χ2v) is 9.22. The fourth-order valence-electron chi connectivity index (χ4n) is 3.90. The minimum absolute atomic E-state index is 0.140. The van der Waals surface area contributed by atoms with Gasteiger partial charge in [0.2, 0.25) is 5.91 Å². The summed E-state index contributed by atoms with van der Waals surface area (Å²) in [5.41, 5.74) is 0. The molecular formula is C16H30N4O3S. The summed E-state index contributed by atoms with van der Waals surface area (Å²) in [6.45, 7) is 5.44. The zero-order valence-electron chi connectivity index (χ0n) is 14.7. The van der Waals surface area contributed by atoms with E-state index in [-0.39, 0.29) is 11.8 Å². The van der Waals surface area contributed by atoms with Gasteiger partial charge in [0.05, 0.1) is 5.92 Å². The average molecular weight is 359 g/mol. The molecule has 0 aromatic heterocycles. The Morgan fingerprint density at radius 3 is 2.12 bits per heavy atom. The Labute approximate surface area is 145 Å². The van der Waals surface area contributed by atoms with Crippen molar-refractivity contribution in [2.24, 2.45) is 5.92 Å². The summed E-state index contributed by atoms with van der Waals surface area (Å²) in [5, 5.41) is 0. The van der Waals surface area contributed by atoms with Crippen molar-refractivity contribution < 1.29 is 13.2 Å². The second-order valence-electron chi connectivity index (χ2n) is 7.29. The molecule has 0 aliphatic carbocycles. The molecule has 1 atom stereocenters. The maximum atomic E-state index is 12.8. The van der Waals surface area contributed by atoms with E-state index in [2.05, 4.69) is 11.9 Å². The first-order valence-corrected chi connectivity index (χ1v) is 10.6. The highest BCUT2D eigenvalue weighted by Crippen LogP contribution is 2.25. The molecule has 138 valence electrons. The van der Waals surface area contributed by atoms with Crippen LogP contribution in [0.1, 0.15) is 32.1 Å². The number of hydrogen-bond acceptors (Lipinski definition) is 4. The molecule has 3 fully saturated rings. The maximum absolute atomic E-state index is 12.8. The van der Waals surface area contributed by atoms with Crippen LogP contribution in [0.5, 0.6) is 0 Å². The summed E-state index contributed by atoms with van der Waals surface area (Å²) in [7, 11) is -1.34. The number of rotatable bonds is 3. The Bertz CT molecular complexity index is 540. The molecular weight excluding hydrogens is 328 g/mol. The first kappa shape index (κ1) is 18.1. The molecule has 0 aromatic rings. The molecule has 24 heavy (non-hydrogen) atoms. The lowest BCUT2D eigenvalue weighted by atomic mass is 9.98. The number of likely N-dealkylation sites (N-methyl/N-ethyl adjacent to an activating group) is 1. The van der Waals surface area contributed by atoms with Crippen molar-refractivity contribution in [2.45, 2.75) is 32.1 Å². The van der Waals surface area contributed by atoms with Crippen LogP contribution >= 0.6 is 0 Å². The molecule has 1 amide bonds. The fourth-order valence-corrected chi connectivity index (χ4v) is 5.67. The number of nitrogens with zero attached hydrogens (tertiary/aromatic N) is 4.